The minimum atomic E-state index is -4.44. The van der Waals surface area contributed by atoms with Gasteiger partial charge in [-0.25, -0.2) is 0 Å². The van der Waals surface area contributed by atoms with Crippen molar-refractivity contribution in [2.75, 3.05) is 0 Å². The van der Waals surface area contributed by atoms with Crippen LogP contribution in [-0.2, 0) is 11.6 Å². The van der Waals surface area contributed by atoms with Crippen molar-refractivity contribution in [3.05, 3.63) is 47.0 Å². The summed E-state index contributed by atoms with van der Waals surface area (Å²) in [7, 11) is 0. The van der Waals surface area contributed by atoms with Gasteiger partial charge in [-0.3, -0.25) is 0 Å². The van der Waals surface area contributed by atoms with E-state index in [1.807, 2.05) is 32.9 Å². The molecule has 0 spiro atoms. The largest absolute Gasteiger partial charge is 0.417 e. The zero-order valence-corrected chi connectivity index (χ0v) is 11.6. The third-order valence-electron chi connectivity index (χ3n) is 3.30. The first-order valence-corrected chi connectivity index (χ1v) is 6.26. The number of alkyl halides is 3. The first-order chi connectivity index (χ1) is 9.16. The quantitative estimate of drug-likeness (QED) is 0.585. The van der Waals surface area contributed by atoms with Crippen LogP contribution in [0.5, 0.6) is 0 Å². The predicted octanol–water partition coefficient (Wildman–Crippen LogP) is 5.14. The number of terminal acetylenes is 1. The molecule has 2 rings (SSSR count). The van der Waals surface area contributed by atoms with Gasteiger partial charge in [0.2, 0.25) is 0 Å². The second-order valence-corrected chi connectivity index (χ2v) is 5.78. The topological polar surface area (TPSA) is 0 Å². The van der Waals surface area contributed by atoms with Gasteiger partial charge < -0.3 is 0 Å². The lowest BCUT2D eigenvalue weighted by Gasteiger charge is -2.23. The Balaban J connectivity index is 2.97. The Kier molecular flexibility index (Phi) is 3.29. The fraction of sp³-hybridized carbons (Fsp3) is 0.294. The molecule has 104 valence electrons. The molecule has 0 nitrogen and oxygen atoms in total. The molecule has 0 radical (unpaired) electrons. The van der Waals surface area contributed by atoms with E-state index in [0.717, 1.165) is 17.0 Å². The molecule has 0 atom stereocenters. The van der Waals surface area contributed by atoms with Gasteiger partial charge in [-0.05, 0) is 22.4 Å². The van der Waals surface area contributed by atoms with Gasteiger partial charge in [-0.1, -0.05) is 51.0 Å². The lowest BCUT2D eigenvalue weighted by molar-refractivity contribution is -0.137. The maximum Gasteiger partial charge on any atom is 0.417 e. The van der Waals surface area contributed by atoms with Crippen molar-refractivity contribution < 1.29 is 13.2 Å². The number of fused-ring (bicyclic) bond motifs is 1. The lowest BCUT2D eigenvalue weighted by Crippen LogP contribution is -2.14. The Labute approximate surface area is 116 Å². The smallest absolute Gasteiger partial charge is 0.166 e. The molecular formula is C17H15F3. The van der Waals surface area contributed by atoms with Gasteiger partial charge in [0.1, 0.15) is 0 Å². The fourth-order valence-corrected chi connectivity index (χ4v) is 2.39. The van der Waals surface area contributed by atoms with E-state index in [1.165, 1.54) is 6.07 Å². The highest BCUT2D eigenvalue weighted by Crippen LogP contribution is 2.38. The van der Waals surface area contributed by atoms with Crippen molar-refractivity contribution in [1.82, 2.24) is 0 Å². The lowest BCUT2D eigenvalue weighted by atomic mass is 9.81. The summed E-state index contributed by atoms with van der Waals surface area (Å²) in [5, 5.41) is 1.26. The van der Waals surface area contributed by atoms with E-state index >= 15 is 0 Å². The monoisotopic (exact) mass is 276 g/mol. The van der Waals surface area contributed by atoms with Gasteiger partial charge in [0.05, 0.1) is 5.56 Å². The Hall–Kier alpha value is -1.95. The Morgan fingerprint density at radius 2 is 1.60 bits per heavy atom. The summed E-state index contributed by atoms with van der Waals surface area (Å²) in [4.78, 5) is 0. The standard InChI is InChI=1S/C17H15F3/c1-5-12-13(17(18,19)20)10-9-11-7-6-8-14(15(11)12)16(2,3)4/h1,6-10H,2-4H3. The van der Waals surface area contributed by atoms with Crippen LogP contribution < -0.4 is 0 Å². The highest BCUT2D eigenvalue weighted by molar-refractivity contribution is 5.93. The average Bonchev–Trinajstić information content (AvgIpc) is 2.34. The van der Waals surface area contributed by atoms with Crippen LogP contribution in [0.4, 0.5) is 13.2 Å². The summed E-state index contributed by atoms with van der Waals surface area (Å²) in [6.07, 6.45) is 0.932. The fourth-order valence-electron chi connectivity index (χ4n) is 2.39. The van der Waals surface area contributed by atoms with Gasteiger partial charge in [0.15, 0.2) is 0 Å². The SMILES string of the molecule is C#Cc1c(C(F)(F)F)ccc2cccc(C(C)(C)C)c12. The first-order valence-electron chi connectivity index (χ1n) is 6.26. The third kappa shape index (κ3) is 2.38. The molecule has 0 aliphatic heterocycles. The number of halogens is 3. The van der Waals surface area contributed by atoms with Crippen molar-refractivity contribution in [2.45, 2.75) is 32.4 Å². The normalized spacial score (nSPS) is 12.4. The zero-order valence-electron chi connectivity index (χ0n) is 11.6. The summed E-state index contributed by atoms with van der Waals surface area (Å²) in [5.74, 6) is 2.24. The van der Waals surface area contributed by atoms with Crippen LogP contribution in [0.1, 0.15) is 37.5 Å². The molecule has 0 aromatic heterocycles. The van der Waals surface area contributed by atoms with Gasteiger partial charge in [0, 0.05) is 10.9 Å². The average molecular weight is 276 g/mol. The van der Waals surface area contributed by atoms with E-state index in [-0.39, 0.29) is 11.0 Å². The number of hydrogen-bond acceptors (Lipinski definition) is 0. The van der Waals surface area contributed by atoms with Crippen LogP contribution in [0.15, 0.2) is 30.3 Å². The summed E-state index contributed by atoms with van der Waals surface area (Å²) in [6, 6.07) is 8.00. The maximum atomic E-state index is 13.1. The summed E-state index contributed by atoms with van der Waals surface area (Å²) < 4.78 is 39.3. The van der Waals surface area contributed by atoms with Gasteiger partial charge in [-0.15, -0.1) is 6.42 Å². The van der Waals surface area contributed by atoms with Crippen molar-refractivity contribution in [2.24, 2.45) is 0 Å². The molecular weight excluding hydrogens is 261 g/mol. The second-order valence-electron chi connectivity index (χ2n) is 5.78. The molecule has 0 aliphatic rings. The first kappa shape index (κ1) is 14.5. The molecule has 0 unspecified atom stereocenters. The summed E-state index contributed by atoms with van der Waals surface area (Å²) in [5.41, 5.74) is -0.270. The van der Waals surface area contributed by atoms with Crippen molar-refractivity contribution >= 4 is 10.8 Å². The van der Waals surface area contributed by atoms with Crippen LogP contribution in [0.2, 0.25) is 0 Å². The zero-order chi connectivity index (χ0) is 15.1. The van der Waals surface area contributed by atoms with E-state index in [9.17, 15) is 13.2 Å². The van der Waals surface area contributed by atoms with E-state index in [0.29, 0.717) is 5.39 Å². The molecule has 0 N–H and O–H groups in total. The number of benzene rings is 2. The van der Waals surface area contributed by atoms with Crippen molar-refractivity contribution in [3.63, 3.8) is 0 Å². The predicted molar refractivity (Wildman–Crippen MR) is 75.6 cm³/mol. The molecule has 3 heteroatoms. The molecule has 20 heavy (non-hydrogen) atoms. The third-order valence-corrected chi connectivity index (χ3v) is 3.30. The summed E-state index contributed by atoms with van der Waals surface area (Å²) in [6.45, 7) is 5.88. The van der Waals surface area contributed by atoms with Gasteiger partial charge in [-0.2, -0.15) is 13.2 Å². The Morgan fingerprint density at radius 1 is 0.950 bits per heavy atom. The molecule has 0 aliphatic carbocycles. The minimum Gasteiger partial charge on any atom is -0.166 e. The highest BCUT2D eigenvalue weighted by Gasteiger charge is 2.34. The van der Waals surface area contributed by atoms with Crippen LogP contribution in [-0.4, -0.2) is 0 Å². The Morgan fingerprint density at radius 3 is 2.10 bits per heavy atom. The number of hydrogen-bond donors (Lipinski definition) is 0. The molecule has 0 fully saturated rings. The molecule has 2 aromatic carbocycles. The van der Waals surface area contributed by atoms with Crippen LogP contribution in [0.3, 0.4) is 0 Å². The Bertz CT molecular complexity index is 695. The van der Waals surface area contributed by atoms with E-state index in [1.54, 1.807) is 6.07 Å². The van der Waals surface area contributed by atoms with Crippen molar-refractivity contribution in [1.29, 1.82) is 0 Å². The highest BCUT2D eigenvalue weighted by atomic mass is 19.4. The molecule has 2 aromatic rings. The molecule has 0 saturated heterocycles. The summed E-state index contributed by atoms with van der Waals surface area (Å²) >= 11 is 0. The van der Waals surface area contributed by atoms with Crippen LogP contribution >= 0.6 is 0 Å². The molecule has 0 bridgehead atoms. The molecule has 0 heterocycles. The minimum absolute atomic E-state index is 0.0690. The van der Waals surface area contributed by atoms with Crippen LogP contribution in [0, 0.1) is 12.3 Å². The molecule has 0 saturated carbocycles. The van der Waals surface area contributed by atoms with Crippen molar-refractivity contribution in [3.8, 4) is 12.3 Å². The van der Waals surface area contributed by atoms with Crippen LogP contribution in [0.25, 0.3) is 10.8 Å². The van der Waals surface area contributed by atoms with E-state index in [4.69, 9.17) is 6.42 Å². The van der Waals surface area contributed by atoms with Gasteiger partial charge >= 0.3 is 6.18 Å². The second kappa shape index (κ2) is 4.56. The van der Waals surface area contributed by atoms with E-state index in [2.05, 4.69) is 5.92 Å². The maximum absolute atomic E-state index is 13.1. The van der Waals surface area contributed by atoms with E-state index < -0.39 is 11.7 Å². The van der Waals surface area contributed by atoms with Gasteiger partial charge in [0.25, 0.3) is 0 Å². The molecule has 0 amide bonds. The number of rotatable bonds is 0.